The number of nitrogens with one attached hydrogen (secondary N) is 1. The Hall–Kier alpha value is -0.770. The normalized spacial score (nSPS) is 34.8. The summed E-state index contributed by atoms with van der Waals surface area (Å²) in [5, 5.41) is 12.2. The maximum atomic E-state index is 10.7. The van der Waals surface area contributed by atoms with E-state index in [2.05, 4.69) is 5.32 Å². The predicted octanol–water partition coefficient (Wildman–Crippen LogP) is 0.491. The van der Waals surface area contributed by atoms with Crippen molar-refractivity contribution in [2.45, 2.75) is 31.3 Å². The summed E-state index contributed by atoms with van der Waals surface area (Å²) in [6.45, 7) is 1.37. The van der Waals surface area contributed by atoms with Crippen LogP contribution in [0, 0.1) is 0 Å². The van der Waals surface area contributed by atoms with Crippen molar-refractivity contribution in [3.63, 3.8) is 0 Å². The zero-order valence-electron chi connectivity index (χ0n) is 6.99. The topological polar surface area (TPSA) is 52.6 Å². The Kier molecular flexibility index (Phi) is 1.92. The second-order valence-corrected chi connectivity index (χ2v) is 3.66. The Morgan fingerprint density at radius 3 is 2.83 bits per heavy atom. The Morgan fingerprint density at radius 2 is 2.08 bits per heavy atom. The first kappa shape index (κ1) is 7.86. The SMILES string of the molecule is O=C(O)N1CC[C@H]2CC[C@@H](C1)N2. The largest absolute Gasteiger partial charge is 0.465 e. The molecule has 0 aromatic heterocycles. The van der Waals surface area contributed by atoms with Gasteiger partial charge in [-0.2, -0.15) is 0 Å². The fourth-order valence-electron chi connectivity index (χ4n) is 2.12. The molecular weight excluding hydrogens is 156 g/mol. The number of likely N-dealkylation sites (tertiary alicyclic amines) is 1. The third-order valence-electron chi connectivity index (χ3n) is 2.79. The summed E-state index contributed by atoms with van der Waals surface area (Å²) in [5.41, 5.74) is 0. The molecule has 0 aromatic carbocycles. The molecule has 0 radical (unpaired) electrons. The van der Waals surface area contributed by atoms with Gasteiger partial charge in [-0.05, 0) is 19.3 Å². The average molecular weight is 170 g/mol. The van der Waals surface area contributed by atoms with Crippen LogP contribution in [0.3, 0.4) is 0 Å². The van der Waals surface area contributed by atoms with Crippen LogP contribution in [0.25, 0.3) is 0 Å². The van der Waals surface area contributed by atoms with Crippen LogP contribution in [0.1, 0.15) is 19.3 Å². The number of rotatable bonds is 0. The lowest BCUT2D eigenvalue weighted by Gasteiger charge is -2.20. The average Bonchev–Trinajstić information content (AvgIpc) is 2.29. The molecule has 4 heteroatoms. The van der Waals surface area contributed by atoms with Gasteiger partial charge in [0.25, 0.3) is 0 Å². The lowest BCUT2D eigenvalue weighted by atomic mass is 10.1. The lowest BCUT2D eigenvalue weighted by molar-refractivity contribution is 0.143. The monoisotopic (exact) mass is 170 g/mol. The van der Waals surface area contributed by atoms with E-state index in [-0.39, 0.29) is 0 Å². The molecule has 2 fully saturated rings. The molecule has 2 aliphatic heterocycles. The maximum absolute atomic E-state index is 10.7. The molecule has 2 N–H and O–H groups in total. The summed E-state index contributed by atoms with van der Waals surface area (Å²) < 4.78 is 0. The number of carbonyl (C=O) groups is 1. The first-order valence-corrected chi connectivity index (χ1v) is 4.49. The van der Waals surface area contributed by atoms with Crippen molar-refractivity contribution in [1.29, 1.82) is 0 Å². The number of fused-ring (bicyclic) bond motifs is 2. The second kappa shape index (κ2) is 2.94. The Labute approximate surface area is 71.5 Å². The van der Waals surface area contributed by atoms with E-state index in [1.54, 1.807) is 0 Å². The van der Waals surface area contributed by atoms with Crippen LogP contribution in [-0.4, -0.2) is 41.3 Å². The molecule has 0 aromatic rings. The van der Waals surface area contributed by atoms with Gasteiger partial charge in [0.15, 0.2) is 0 Å². The third kappa shape index (κ3) is 1.39. The molecule has 2 saturated heterocycles. The van der Waals surface area contributed by atoms with Gasteiger partial charge in [0.2, 0.25) is 0 Å². The van der Waals surface area contributed by atoms with Crippen molar-refractivity contribution in [2.75, 3.05) is 13.1 Å². The smallest absolute Gasteiger partial charge is 0.407 e. The number of carboxylic acid groups (broad SMARTS) is 1. The van der Waals surface area contributed by atoms with Gasteiger partial charge in [0, 0.05) is 25.2 Å². The molecule has 2 aliphatic rings. The van der Waals surface area contributed by atoms with E-state index >= 15 is 0 Å². The van der Waals surface area contributed by atoms with E-state index in [1.807, 2.05) is 0 Å². The second-order valence-electron chi connectivity index (χ2n) is 3.66. The molecule has 12 heavy (non-hydrogen) atoms. The van der Waals surface area contributed by atoms with Gasteiger partial charge in [-0.3, -0.25) is 0 Å². The van der Waals surface area contributed by atoms with Gasteiger partial charge in [0.1, 0.15) is 0 Å². The van der Waals surface area contributed by atoms with Gasteiger partial charge < -0.3 is 15.3 Å². The molecule has 68 valence electrons. The molecule has 0 unspecified atom stereocenters. The van der Waals surface area contributed by atoms with E-state index in [9.17, 15) is 4.79 Å². The number of hydrogen-bond acceptors (Lipinski definition) is 2. The molecule has 0 aliphatic carbocycles. The molecule has 0 saturated carbocycles. The highest BCUT2D eigenvalue weighted by Gasteiger charge is 2.30. The standard InChI is InChI=1S/C8H14N2O2/c11-8(12)10-4-3-6-1-2-7(5-10)9-6/h6-7,9H,1-5H2,(H,11,12)/t6-,7+/m1/s1. The van der Waals surface area contributed by atoms with Crippen molar-refractivity contribution in [2.24, 2.45) is 0 Å². The Bertz CT molecular complexity index is 195. The van der Waals surface area contributed by atoms with Crippen LogP contribution in [0.5, 0.6) is 0 Å². The van der Waals surface area contributed by atoms with E-state index in [4.69, 9.17) is 5.11 Å². The highest BCUT2D eigenvalue weighted by atomic mass is 16.4. The molecule has 4 nitrogen and oxygen atoms in total. The molecule has 2 bridgehead atoms. The lowest BCUT2D eigenvalue weighted by Crippen LogP contribution is -2.38. The van der Waals surface area contributed by atoms with Crippen molar-refractivity contribution >= 4 is 6.09 Å². The summed E-state index contributed by atoms with van der Waals surface area (Å²) in [5.74, 6) is 0. The third-order valence-corrected chi connectivity index (χ3v) is 2.79. The Morgan fingerprint density at radius 1 is 1.33 bits per heavy atom. The minimum Gasteiger partial charge on any atom is -0.465 e. The van der Waals surface area contributed by atoms with E-state index < -0.39 is 6.09 Å². The van der Waals surface area contributed by atoms with Crippen LogP contribution < -0.4 is 5.32 Å². The summed E-state index contributed by atoms with van der Waals surface area (Å²) in [7, 11) is 0. The summed E-state index contributed by atoms with van der Waals surface area (Å²) in [4.78, 5) is 12.2. The van der Waals surface area contributed by atoms with Crippen molar-refractivity contribution in [1.82, 2.24) is 10.2 Å². The van der Waals surface area contributed by atoms with Gasteiger partial charge in [-0.25, -0.2) is 4.79 Å². The Balaban J connectivity index is 2.00. The fraction of sp³-hybridized carbons (Fsp3) is 0.875. The first-order valence-electron chi connectivity index (χ1n) is 4.49. The van der Waals surface area contributed by atoms with E-state index in [0.29, 0.717) is 25.2 Å². The fourth-order valence-corrected chi connectivity index (χ4v) is 2.12. The maximum Gasteiger partial charge on any atom is 0.407 e. The van der Waals surface area contributed by atoms with Gasteiger partial charge in [-0.1, -0.05) is 0 Å². The highest BCUT2D eigenvalue weighted by molar-refractivity contribution is 5.65. The van der Waals surface area contributed by atoms with E-state index in [1.165, 1.54) is 11.3 Å². The molecule has 2 heterocycles. The minimum atomic E-state index is -0.774. The quantitative estimate of drug-likeness (QED) is 0.556. The number of hydrogen-bond donors (Lipinski definition) is 2. The zero-order valence-corrected chi connectivity index (χ0v) is 6.99. The molecule has 2 rings (SSSR count). The van der Waals surface area contributed by atoms with Crippen molar-refractivity contribution in [3.8, 4) is 0 Å². The molecule has 1 amide bonds. The van der Waals surface area contributed by atoms with Crippen LogP contribution in [-0.2, 0) is 0 Å². The van der Waals surface area contributed by atoms with Gasteiger partial charge >= 0.3 is 6.09 Å². The number of amides is 1. The summed E-state index contributed by atoms with van der Waals surface area (Å²) >= 11 is 0. The molecule has 0 spiro atoms. The van der Waals surface area contributed by atoms with Crippen LogP contribution in [0.4, 0.5) is 4.79 Å². The van der Waals surface area contributed by atoms with Crippen molar-refractivity contribution < 1.29 is 9.90 Å². The van der Waals surface area contributed by atoms with Crippen LogP contribution >= 0.6 is 0 Å². The van der Waals surface area contributed by atoms with Gasteiger partial charge in [0.05, 0.1) is 0 Å². The zero-order chi connectivity index (χ0) is 8.55. The molecular formula is C8H14N2O2. The van der Waals surface area contributed by atoms with Crippen LogP contribution in [0.2, 0.25) is 0 Å². The van der Waals surface area contributed by atoms with Crippen molar-refractivity contribution in [3.05, 3.63) is 0 Å². The summed E-state index contributed by atoms with van der Waals surface area (Å²) in [6, 6.07) is 0.980. The molecule has 2 atom stereocenters. The first-order chi connectivity index (χ1) is 5.75. The van der Waals surface area contributed by atoms with Gasteiger partial charge in [-0.15, -0.1) is 0 Å². The number of nitrogens with zero attached hydrogens (tertiary/aromatic N) is 1. The van der Waals surface area contributed by atoms with Crippen LogP contribution in [0.15, 0.2) is 0 Å². The minimum absolute atomic E-state index is 0.411. The summed E-state index contributed by atoms with van der Waals surface area (Å²) in [6.07, 6.45) is 2.55. The van der Waals surface area contributed by atoms with E-state index in [0.717, 1.165) is 12.8 Å². The highest BCUT2D eigenvalue weighted by Crippen LogP contribution is 2.20. The predicted molar refractivity (Wildman–Crippen MR) is 44.2 cm³/mol.